The molecule has 1 aromatic heterocycles. The quantitative estimate of drug-likeness (QED) is 0.853. The lowest BCUT2D eigenvalue weighted by Gasteiger charge is -2.06. The highest BCUT2D eigenvalue weighted by Crippen LogP contribution is 2.58. The minimum Gasteiger partial charge on any atom is -0.481 e. The van der Waals surface area contributed by atoms with Crippen molar-refractivity contribution in [2.24, 2.45) is 17.3 Å². The predicted octanol–water partition coefficient (Wildman–Crippen LogP) is 1.69. The van der Waals surface area contributed by atoms with E-state index in [9.17, 15) is 9.59 Å². The third kappa shape index (κ3) is 2.08. The van der Waals surface area contributed by atoms with E-state index in [2.05, 4.69) is 10.3 Å². The maximum absolute atomic E-state index is 12.0. The highest BCUT2D eigenvalue weighted by Gasteiger charge is 2.65. The minimum atomic E-state index is -0.911. The Labute approximate surface area is 105 Å². The summed E-state index contributed by atoms with van der Waals surface area (Å²) in [5.74, 6) is -2.21. The first-order valence-electron chi connectivity index (χ1n) is 5.80. The molecule has 5 heteroatoms. The first kappa shape index (κ1) is 12.5. The molecule has 96 valence electrons. The van der Waals surface area contributed by atoms with Crippen LogP contribution in [0.15, 0.2) is 18.3 Å². The summed E-state index contributed by atoms with van der Waals surface area (Å²) in [4.78, 5) is 27.1. The smallest absolute Gasteiger partial charge is 0.307 e. The summed E-state index contributed by atoms with van der Waals surface area (Å²) in [6.45, 7) is 5.43. The van der Waals surface area contributed by atoms with Crippen LogP contribution in [0.25, 0.3) is 0 Å². The summed E-state index contributed by atoms with van der Waals surface area (Å²) >= 11 is 0. The Morgan fingerprint density at radius 2 is 2.06 bits per heavy atom. The molecule has 1 heterocycles. The Bertz CT molecular complexity index is 511. The summed E-state index contributed by atoms with van der Waals surface area (Å²) in [6.07, 6.45) is 1.61. The number of nitrogens with zero attached hydrogens (tertiary/aromatic N) is 1. The Kier molecular flexibility index (Phi) is 2.84. The van der Waals surface area contributed by atoms with E-state index < -0.39 is 23.2 Å². The average Bonchev–Trinajstić information content (AvgIpc) is 2.81. The molecule has 0 saturated heterocycles. The molecule has 2 rings (SSSR count). The van der Waals surface area contributed by atoms with Crippen molar-refractivity contribution in [2.45, 2.75) is 20.8 Å². The molecule has 2 atom stereocenters. The standard InChI is InChI=1S/C13H16N2O3/c1-7-6-8(4-5-14-7)15-11(16)9-10(12(17)18)13(9,2)3/h4-6,9-10H,1-3H3,(H,17,18)(H,14,15,16). The molecule has 0 spiro atoms. The zero-order valence-electron chi connectivity index (χ0n) is 10.6. The fraction of sp³-hybridized carbons (Fsp3) is 0.462. The first-order valence-corrected chi connectivity index (χ1v) is 5.80. The molecule has 1 aliphatic carbocycles. The van der Waals surface area contributed by atoms with Gasteiger partial charge in [0.2, 0.25) is 5.91 Å². The Morgan fingerprint density at radius 1 is 1.39 bits per heavy atom. The van der Waals surface area contributed by atoms with Gasteiger partial charge >= 0.3 is 5.97 Å². The van der Waals surface area contributed by atoms with Crippen LogP contribution in [0.1, 0.15) is 19.5 Å². The molecule has 2 unspecified atom stereocenters. The highest BCUT2D eigenvalue weighted by molar-refractivity contribution is 5.99. The number of nitrogens with one attached hydrogen (secondary N) is 1. The molecule has 1 aromatic rings. The number of aryl methyl sites for hydroxylation is 1. The molecule has 1 fully saturated rings. The molecule has 18 heavy (non-hydrogen) atoms. The van der Waals surface area contributed by atoms with Crippen LogP contribution in [-0.4, -0.2) is 22.0 Å². The number of aliphatic carboxylic acids is 1. The van der Waals surface area contributed by atoms with Crippen molar-refractivity contribution in [1.82, 2.24) is 4.98 Å². The van der Waals surface area contributed by atoms with Gasteiger partial charge in [-0.1, -0.05) is 13.8 Å². The van der Waals surface area contributed by atoms with Crippen molar-refractivity contribution >= 4 is 17.6 Å². The monoisotopic (exact) mass is 248 g/mol. The van der Waals surface area contributed by atoms with Crippen LogP contribution in [0.3, 0.4) is 0 Å². The zero-order chi connectivity index (χ0) is 13.5. The Balaban J connectivity index is 2.08. The van der Waals surface area contributed by atoms with Crippen LogP contribution in [0.5, 0.6) is 0 Å². The van der Waals surface area contributed by atoms with Crippen LogP contribution >= 0.6 is 0 Å². The van der Waals surface area contributed by atoms with Gasteiger partial charge in [0, 0.05) is 17.6 Å². The molecule has 1 saturated carbocycles. The van der Waals surface area contributed by atoms with Crippen molar-refractivity contribution in [3.63, 3.8) is 0 Å². The molecule has 2 N–H and O–H groups in total. The van der Waals surface area contributed by atoms with Gasteiger partial charge < -0.3 is 10.4 Å². The fourth-order valence-corrected chi connectivity index (χ4v) is 2.43. The van der Waals surface area contributed by atoms with Crippen molar-refractivity contribution < 1.29 is 14.7 Å². The molecular formula is C13H16N2O3. The number of pyridine rings is 1. The number of carbonyl (C=O) groups excluding carboxylic acids is 1. The lowest BCUT2D eigenvalue weighted by atomic mass is 10.1. The van der Waals surface area contributed by atoms with Crippen molar-refractivity contribution in [2.75, 3.05) is 5.32 Å². The summed E-state index contributed by atoms with van der Waals surface area (Å²) in [5.41, 5.74) is 0.981. The van der Waals surface area contributed by atoms with Crippen LogP contribution in [0, 0.1) is 24.2 Å². The molecule has 1 aliphatic rings. The zero-order valence-corrected chi connectivity index (χ0v) is 10.6. The first-order chi connectivity index (χ1) is 8.34. The van der Waals surface area contributed by atoms with Crippen LogP contribution in [-0.2, 0) is 9.59 Å². The van der Waals surface area contributed by atoms with Gasteiger partial charge in [-0.3, -0.25) is 14.6 Å². The number of carboxylic acid groups (broad SMARTS) is 1. The van der Waals surface area contributed by atoms with E-state index in [0.29, 0.717) is 5.69 Å². The third-order valence-electron chi connectivity index (χ3n) is 3.54. The van der Waals surface area contributed by atoms with Gasteiger partial charge in [0.15, 0.2) is 0 Å². The molecule has 0 aliphatic heterocycles. The molecule has 0 bridgehead atoms. The molecular weight excluding hydrogens is 232 g/mol. The molecule has 5 nitrogen and oxygen atoms in total. The predicted molar refractivity (Wildman–Crippen MR) is 66.0 cm³/mol. The Hall–Kier alpha value is -1.91. The van der Waals surface area contributed by atoms with Crippen molar-refractivity contribution in [1.29, 1.82) is 0 Å². The fourth-order valence-electron chi connectivity index (χ4n) is 2.43. The van der Waals surface area contributed by atoms with E-state index in [-0.39, 0.29) is 5.91 Å². The normalized spacial score (nSPS) is 24.4. The maximum Gasteiger partial charge on any atom is 0.307 e. The summed E-state index contributed by atoms with van der Waals surface area (Å²) in [5, 5.41) is 11.8. The summed E-state index contributed by atoms with van der Waals surface area (Å²) in [6, 6.07) is 3.44. The van der Waals surface area contributed by atoms with Gasteiger partial charge in [-0.15, -0.1) is 0 Å². The summed E-state index contributed by atoms with van der Waals surface area (Å²) < 4.78 is 0. The number of rotatable bonds is 3. The van der Waals surface area contributed by atoms with Gasteiger partial charge in [-0.2, -0.15) is 0 Å². The molecule has 0 aromatic carbocycles. The number of hydrogen-bond donors (Lipinski definition) is 2. The number of anilines is 1. The number of amides is 1. The number of carboxylic acids is 1. The maximum atomic E-state index is 12.0. The van der Waals surface area contributed by atoms with E-state index in [1.165, 1.54) is 0 Å². The topological polar surface area (TPSA) is 79.3 Å². The van der Waals surface area contributed by atoms with E-state index in [4.69, 9.17) is 5.11 Å². The molecule has 0 radical (unpaired) electrons. The third-order valence-corrected chi connectivity index (χ3v) is 3.54. The lowest BCUT2D eigenvalue weighted by Crippen LogP contribution is -2.17. The molecule has 1 amide bonds. The van der Waals surface area contributed by atoms with Gasteiger partial charge in [0.05, 0.1) is 11.8 Å². The van der Waals surface area contributed by atoms with Gasteiger partial charge in [-0.05, 0) is 24.5 Å². The SMILES string of the molecule is Cc1cc(NC(=O)C2C(C(=O)O)C2(C)C)ccn1. The largest absolute Gasteiger partial charge is 0.481 e. The van der Waals surface area contributed by atoms with E-state index in [1.54, 1.807) is 32.2 Å². The second kappa shape index (κ2) is 4.08. The van der Waals surface area contributed by atoms with Crippen LogP contribution in [0.4, 0.5) is 5.69 Å². The van der Waals surface area contributed by atoms with E-state index in [1.807, 2.05) is 6.92 Å². The average molecular weight is 248 g/mol. The van der Waals surface area contributed by atoms with Crippen molar-refractivity contribution in [3.05, 3.63) is 24.0 Å². The number of carbonyl (C=O) groups is 2. The van der Waals surface area contributed by atoms with Crippen LogP contribution < -0.4 is 5.32 Å². The minimum absolute atomic E-state index is 0.238. The summed E-state index contributed by atoms with van der Waals surface area (Å²) in [7, 11) is 0. The van der Waals surface area contributed by atoms with Gasteiger partial charge in [-0.25, -0.2) is 0 Å². The highest BCUT2D eigenvalue weighted by atomic mass is 16.4. The van der Waals surface area contributed by atoms with Gasteiger partial charge in [0.1, 0.15) is 0 Å². The van der Waals surface area contributed by atoms with Gasteiger partial charge in [0.25, 0.3) is 0 Å². The van der Waals surface area contributed by atoms with Crippen molar-refractivity contribution in [3.8, 4) is 0 Å². The van der Waals surface area contributed by atoms with Crippen LogP contribution in [0.2, 0.25) is 0 Å². The lowest BCUT2D eigenvalue weighted by molar-refractivity contribution is -0.140. The number of hydrogen-bond acceptors (Lipinski definition) is 3. The van der Waals surface area contributed by atoms with E-state index >= 15 is 0 Å². The second-order valence-corrected chi connectivity index (χ2v) is 5.29. The number of aromatic nitrogens is 1. The Morgan fingerprint density at radius 3 is 2.56 bits per heavy atom. The second-order valence-electron chi connectivity index (χ2n) is 5.29. The van der Waals surface area contributed by atoms with E-state index in [0.717, 1.165) is 5.69 Å².